The number of nitrogens with zero attached hydrogens (tertiary/aromatic N) is 2. The van der Waals surface area contributed by atoms with E-state index in [0.717, 1.165) is 37.8 Å². The van der Waals surface area contributed by atoms with Crippen LogP contribution in [0.3, 0.4) is 0 Å². The summed E-state index contributed by atoms with van der Waals surface area (Å²) in [5, 5.41) is 2.59. The van der Waals surface area contributed by atoms with Crippen molar-refractivity contribution in [2.45, 2.75) is 32.2 Å². The van der Waals surface area contributed by atoms with Gasteiger partial charge in [-0.3, -0.25) is 14.4 Å². The highest BCUT2D eigenvalue weighted by molar-refractivity contribution is 5.94. The standard InChI is InChI=1S/C20H27N3O3/c1-21-18(24)15-7-5-14(6-8-15)12-22(2)19(25)17-4-3-11-23(13-17)20(26)16-9-10-16/h5-8,16-17H,3-4,9-13H2,1-2H3,(H,21,24). The van der Waals surface area contributed by atoms with Crippen molar-refractivity contribution >= 4 is 17.7 Å². The molecule has 3 rings (SSSR count). The van der Waals surface area contributed by atoms with Crippen LogP contribution in [0.5, 0.6) is 0 Å². The Balaban J connectivity index is 1.56. The van der Waals surface area contributed by atoms with Gasteiger partial charge in [0, 0.05) is 45.2 Å². The number of carbonyl (C=O) groups is 3. The van der Waals surface area contributed by atoms with E-state index in [4.69, 9.17) is 0 Å². The highest BCUT2D eigenvalue weighted by Crippen LogP contribution is 2.32. The number of benzene rings is 1. The van der Waals surface area contributed by atoms with Crippen LogP contribution in [-0.2, 0) is 16.1 Å². The second-order valence-electron chi connectivity index (χ2n) is 7.37. The molecule has 0 aromatic heterocycles. The van der Waals surface area contributed by atoms with Crippen molar-refractivity contribution in [3.05, 3.63) is 35.4 Å². The van der Waals surface area contributed by atoms with Crippen molar-refractivity contribution in [3.63, 3.8) is 0 Å². The Morgan fingerprint density at radius 2 is 1.81 bits per heavy atom. The molecular weight excluding hydrogens is 330 g/mol. The van der Waals surface area contributed by atoms with Crippen molar-refractivity contribution in [3.8, 4) is 0 Å². The van der Waals surface area contributed by atoms with Crippen molar-refractivity contribution in [1.29, 1.82) is 0 Å². The molecule has 0 bridgehead atoms. The number of piperidine rings is 1. The Morgan fingerprint density at radius 1 is 1.12 bits per heavy atom. The van der Waals surface area contributed by atoms with Crippen molar-refractivity contribution < 1.29 is 14.4 Å². The van der Waals surface area contributed by atoms with Gasteiger partial charge in [0.2, 0.25) is 11.8 Å². The number of likely N-dealkylation sites (tertiary alicyclic amines) is 1. The minimum Gasteiger partial charge on any atom is -0.355 e. The number of amides is 3. The molecule has 1 unspecified atom stereocenters. The van der Waals surface area contributed by atoms with Crippen LogP contribution in [0.25, 0.3) is 0 Å². The first-order valence-electron chi connectivity index (χ1n) is 9.34. The molecule has 0 spiro atoms. The third-order valence-electron chi connectivity index (χ3n) is 5.25. The highest BCUT2D eigenvalue weighted by Gasteiger charge is 2.37. The minimum atomic E-state index is -0.122. The molecule has 1 aliphatic carbocycles. The Labute approximate surface area is 154 Å². The molecule has 1 saturated heterocycles. The fraction of sp³-hybridized carbons (Fsp3) is 0.550. The van der Waals surface area contributed by atoms with Crippen molar-refractivity contribution in [1.82, 2.24) is 15.1 Å². The Morgan fingerprint density at radius 3 is 2.42 bits per heavy atom. The van der Waals surface area contributed by atoms with Crippen LogP contribution in [0.15, 0.2) is 24.3 Å². The first-order valence-corrected chi connectivity index (χ1v) is 9.34. The number of carbonyl (C=O) groups excluding carboxylic acids is 3. The molecule has 2 aliphatic rings. The fourth-order valence-corrected chi connectivity index (χ4v) is 3.54. The van der Waals surface area contributed by atoms with Gasteiger partial charge in [0.05, 0.1) is 5.92 Å². The van der Waals surface area contributed by atoms with E-state index in [-0.39, 0.29) is 29.6 Å². The zero-order valence-electron chi connectivity index (χ0n) is 15.5. The lowest BCUT2D eigenvalue weighted by molar-refractivity contribution is -0.141. The topological polar surface area (TPSA) is 69.7 Å². The van der Waals surface area contributed by atoms with Gasteiger partial charge in [0.15, 0.2) is 0 Å². The summed E-state index contributed by atoms with van der Waals surface area (Å²) in [7, 11) is 3.40. The predicted molar refractivity (Wildman–Crippen MR) is 98.3 cm³/mol. The molecule has 1 aromatic carbocycles. The maximum absolute atomic E-state index is 12.8. The van der Waals surface area contributed by atoms with Gasteiger partial charge < -0.3 is 15.1 Å². The van der Waals surface area contributed by atoms with Gasteiger partial charge in [0.1, 0.15) is 0 Å². The van der Waals surface area contributed by atoms with Gasteiger partial charge in [-0.1, -0.05) is 12.1 Å². The molecule has 6 nitrogen and oxygen atoms in total. The summed E-state index contributed by atoms with van der Waals surface area (Å²) in [5.74, 6) is 0.300. The molecular formula is C20H27N3O3. The second-order valence-corrected chi connectivity index (χ2v) is 7.37. The molecule has 6 heteroatoms. The van der Waals surface area contributed by atoms with Crippen molar-refractivity contribution in [2.75, 3.05) is 27.2 Å². The second kappa shape index (κ2) is 7.89. The zero-order valence-corrected chi connectivity index (χ0v) is 15.5. The van der Waals surface area contributed by atoms with Gasteiger partial charge in [-0.05, 0) is 43.4 Å². The third kappa shape index (κ3) is 4.23. The van der Waals surface area contributed by atoms with Crippen LogP contribution in [0.2, 0.25) is 0 Å². The molecule has 26 heavy (non-hydrogen) atoms. The summed E-state index contributed by atoms with van der Waals surface area (Å²) in [4.78, 5) is 40.3. The van der Waals surface area contributed by atoms with E-state index >= 15 is 0 Å². The quantitative estimate of drug-likeness (QED) is 0.871. The van der Waals surface area contributed by atoms with Gasteiger partial charge >= 0.3 is 0 Å². The number of hydrogen-bond acceptors (Lipinski definition) is 3. The molecule has 1 saturated carbocycles. The van der Waals surface area contributed by atoms with E-state index in [0.29, 0.717) is 18.7 Å². The summed E-state index contributed by atoms with van der Waals surface area (Å²) in [6, 6.07) is 7.28. The van der Waals surface area contributed by atoms with Crippen LogP contribution >= 0.6 is 0 Å². The first-order chi connectivity index (χ1) is 12.5. The Bertz CT molecular complexity index is 682. The molecule has 0 radical (unpaired) electrons. The average Bonchev–Trinajstić information content (AvgIpc) is 3.52. The van der Waals surface area contributed by atoms with Crippen LogP contribution < -0.4 is 5.32 Å². The predicted octanol–water partition coefficient (Wildman–Crippen LogP) is 1.65. The molecule has 1 aromatic rings. The summed E-state index contributed by atoms with van der Waals surface area (Å²) in [5.41, 5.74) is 1.59. The monoisotopic (exact) mass is 357 g/mol. The smallest absolute Gasteiger partial charge is 0.251 e. The van der Waals surface area contributed by atoms with E-state index < -0.39 is 0 Å². The molecule has 1 N–H and O–H groups in total. The van der Waals surface area contributed by atoms with Gasteiger partial charge in [-0.15, -0.1) is 0 Å². The molecule has 1 heterocycles. The lowest BCUT2D eigenvalue weighted by Crippen LogP contribution is -2.46. The van der Waals surface area contributed by atoms with Crippen LogP contribution in [0, 0.1) is 11.8 Å². The third-order valence-corrected chi connectivity index (χ3v) is 5.25. The van der Waals surface area contributed by atoms with Gasteiger partial charge in [-0.2, -0.15) is 0 Å². The summed E-state index contributed by atoms with van der Waals surface area (Å²) < 4.78 is 0. The maximum atomic E-state index is 12.8. The van der Waals surface area contributed by atoms with Crippen LogP contribution in [0.1, 0.15) is 41.6 Å². The number of rotatable bonds is 5. The molecule has 1 aliphatic heterocycles. The van der Waals surface area contributed by atoms with Gasteiger partial charge in [-0.25, -0.2) is 0 Å². The maximum Gasteiger partial charge on any atom is 0.251 e. The zero-order chi connectivity index (χ0) is 18.7. The summed E-state index contributed by atoms with van der Waals surface area (Å²) >= 11 is 0. The molecule has 140 valence electrons. The number of nitrogens with one attached hydrogen (secondary N) is 1. The SMILES string of the molecule is CNC(=O)c1ccc(CN(C)C(=O)C2CCCN(C(=O)C3CC3)C2)cc1. The normalized spacial score (nSPS) is 19.8. The molecule has 2 fully saturated rings. The summed E-state index contributed by atoms with van der Waals surface area (Å²) in [6.07, 6.45) is 3.73. The molecule has 3 amide bonds. The van der Waals surface area contributed by atoms with E-state index in [1.165, 1.54) is 0 Å². The Kier molecular flexibility index (Phi) is 5.59. The van der Waals surface area contributed by atoms with E-state index in [1.54, 1.807) is 31.1 Å². The van der Waals surface area contributed by atoms with E-state index in [2.05, 4.69) is 5.32 Å². The average molecular weight is 357 g/mol. The minimum absolute atomic E-state index is 0.0914. The number of hydrogen-bond donors (Lipinski definition) is 1. The Hall–Kier alpha value is -2.37. The van der Waals surface area contributed by atoms with Gasteiger partial charge in [0.25, 0.3) is 5.91 Å². The van der Waals surface area contributed by atoms with Crippen LogP contribution in [0.4, 0.5) is 0 Å². The van der Waals surface area contributed by atoms with E-state index in [1.807, 2.05) is 17.0 Å². The van der Waals surface area contributed by atoms with Crippen molar-refractivity contribution in [2.24, 2.45) is 11.8 Å². The fourth-order valence-electron chi connectivity index (χ4n) is 3.54. The largest absolute Gasteiger partial charge is 0.355 e. The lowest BCUT2D eigenvalue weighted by atomic mass is 9.96. The first kappa shape index (κ1) is 18.4. The van der Waals surface area contributed by atoms with Crippen LogP contribution in [-0.4, -0.2) is 54.7 Å². The summed E-state index contributed by atoms with van der Waals surface area (Å²) in [6.45, 7) is 1.83. The highest BCUT2D eigenvalue weighted by atomic mass is 16.2. The van der Waals surface area contributed by atoms with E-state index in [9.17, 15) is 14.4 Å². The lowest BCUT2D eigenvalue weighted by Gasteiger charge is -2.34. The molecule has 1 atom stereocenters.